The summed E-state index contributed by atoms with van der Waals surface area (Å²) in [5.41, 5.74) is 2.48. The lowest BCUT2D eigenvalue weighted by atomic mass is 10.1. The van der Waals surface area contributed by atoms with Crippen LogP contribution in [0.3, 0.4) is 0 Å². The van der Waals surface area contributed by atoms with Crippen molar-refractivity contribution in [1.29, 1.82) is 0 Å². The van der Waals surface area contributed by atoms with Crippen LogP contribution in [0.5, 0.6) is 0 Å². The summed E-state index contributed by atoms with van der Waals surface area (Å²) in [5.74, 6) is 0.282. The predicted molar refractivity (Wildman–Crippen MR) is 81.0 cm³/mol. The maximum absolute atomic E-state index is 12.3. The van der Waals surface area contributed by atoms with Gasteiger partial charge >= 0.3 is 0 Å². The van der Waals surface area contributed by atoms with Crippen LogP contribution in [-0.4, -0.2) is 16.8 Å². The molecule has 1 aromatic rings. The molecule has 0 N–H and O–H groups in total. The van der Waals surface area contributed by atoms with Gasteiger partial charge in [-0.1, -0.05) is 50.1 Å². The molecule has 1 aromatic carbocycles. The number of carbonyl (C=O) groups is 1. The zero-order chi connectivity index (χ0) is 14.3. The minimum Gasteiger partial charge on any atom is -0.336 e. The van der Waals surface area contributed by atoms with Crippen LogP contribution in [0.1, 0.15) is 57.6 Å². The van der Waals surface area contributed by atoms with Crippen LogP contribution in [0.25, 0.3) is 0 Å². The monoisotopic (exact) mass is 261 g/mol. The number of rotatable bonds is 7. The second-order valence-electron chi connectivity index (χ2n) is 5.40. The molecule has 2 heteroatoms. The van der Waals surface area contributed by atoms with Gasteiger partial charge in [0.25, 0.3) is 0 Å². The summed E-state index contributed by atoms with van der Waals surface area (Å²) in [4.78, 5) is 14.3. The standard InChI is InChI=1S/C17H27NO/c1-5-8-15(4)18(17(19)9-6-2)13-16-11-7-10-14(3)12-16/h7,10-12,15H,5-6,8-9,13H2,1-4H3. The van der Waals surface area contributed by atoms with Gasteiger partial charge in [-0.15, -0.1) is 0 Å². The number of hydrogen-bond acceptors (Lipinski definition) is 1. The van der Waals surface area contributed by atoms with E-state index in [9.17, 15) is 4.79 Å². The Balaban J connectivity index is 2.81. The fraction of sp³-hybridized carbons (Fsp3) is 0.588. The molecule has 0 spiro atoms. The molecule has 0 fully saturated rings. The summed E-state index contributed by atoms with van der Waals surface area (Å²) in [6.45, 7) is 9.23. The van der Waals surface area contributed by atoms with Gasteiger partial charge in [-0.05, 0) is 32.3 Å². The molecular formula is C17H27NO. The lowest BCUT2D eigenvalue weighted by Gasteiger charge is -2.29. The topological polar surface area (TPSA) is 20.3 Å². The molecule has 0 saturated heterocycles. The maximum atomic E-state index is 12.3. The van der Waals surface area contributed by atoms with Crippen LogP contribution >= 0.6 is 0 Å². The molecule has 19 heavy (non-hydrogen) atoms. The highest BCUT2D eigenvalue weighted by atomic mass is 16.2. The molecule has 1 rings (SSSR count). The van der Waals surface area contributed by atoms with Gasteiger partial charge in [0.15, 0.2) is 0 Å². The molecule has 0 aliphatic carbocycles. The average molecular weight is 261 g/mol. The first-order valence-electron chi connectivity index (χ1n) is 7.43. The molecular weight excluding hydrogens is 234 g/mol. The van der Waals surface area contributed by atoms with Gasteiger partial charge in [-0.3, -0.25) is 4.79 Å². The molecule has 1 unspecified atom stereocenters. The van der Waals surface area contributed by atoms with E-state index < -0.39 is 0 Å². The second kappa shape index (κ2) is 7.98. The Hall–Kier alpha value is -1.31. The van der Waals surface area contributed by atoms with Crippen LogP contribution in [-0.2, 0) is 11.3 Å². The van der Waals surface area contributed by atoms with Crippen molar-refractivity contribution in [1.82, 2.24) is 4.90 Å². The molecule has 0 heterocycles. The third-order valence-corrected chi connectivity index (χ3v) is 3.46. The molecule has 0 radical (unpaired) electrons. The smallest absolute Gasteiger partial charge is 0.223 e. The van der Waals surface area contributed by atoms with Crippen LogP contribution in [0.4, 0.5) is 0 Å². The average Bonchev–Trinajstić information content (AvgIpc) is 2.36. The molecule has 0 aromatic heterocycles. The zero-order valence-corrected chi connectivity index (χ0v) is 12.8. The number of benzene rings is 1. The minimum absolute atomic E-state index is 0.282. The van der Waals surface area contributed by atoms with Crippen LogP contribution in [0.15, 0.2) is 24.3 Å². The number of aryl methyl sites for hydroxylation is 1. The van der Waals surface area contributed by atoms with E-state index in [0.717, 1.165) is 25.8 Å². The Labute approximate surface area is 117 Å². The van der Waals surface area contributed by atoms with E-state index in [1.165, 1.54) is 11.1 Å². The van der Waals surface area contributed by atoms with Crippen molar-refractivity contribution in [2.24, 2.45) is 0 Å². The Morgan fingerprint density at radius 2 is 2.00 bits per heavy atom. The van der Waals surface area contributed by atoms with Crippen molar-refractivity contribution in [3.8, 4) is 0 Å². The first-order valence-corrected chi connectivity index (χ1v) is 7.43. The third kappa shape index (κ3) is 5.06. The third-order valence-electron chi connectivity index (χ3n) is 3.46. The van der Waals surface area contributed by atoms with Gasteiger partial charge in [0.2, 0.25) is 5.91 Å². The van der Waals surface area contributed by atoms with Crippen molar-refractivity contribution in [2.75, 3.05) is 0 Å². The van der Waals surface area contributed by atoms with E-state index >= 15 is 0 Å². The Morgan fingerprint density at radius 1 is 1.26 bits per heavy atom. The number of carbonyl (C=O) groups excluding carboxylic acids is 1. The highest BCUT2D eigenvalue weighted by Gasteiger charge is 2.18. The normalized spacial score (nSPS) is 12.2. The van der Waals surface area contributed by atoms with E-state index in [1.807, 2.05) is 4.90 Å². The largest absolute Gasteiger partial charge is 0.336 e. The van der Waals surface area contributed by atoms with Crippen molar-refractivity contribution < 1.29 is 4.79 Å². The van der Waals surface area contributed by atoms with Crippen LogP contribution in [0, 0.1) is 6.92 Å². The lowest BCUT2D eigenvalue weighted by Crippen LogP contribution is -2.37. The van der Waals surface area contributed by atoms with Gasteiger partial charge in [0.1, 0.15) is 0 Å². The summed E-state index contributed by atoms with van der Waals surface area (Å²) in [6.07, 6.45) is 3.76. The van der Waals surface area contributed by atoms with Crippen molar-refractivity contribution in [3.05, 3.63) is 35.4 Å². The quantitative estimate of drug-likeness (QED) is 0.716. The molecule has 0 aliphatic rings. The Bertz CT molecular complexity index is 400. The van der Waals surface area contributed by atoms with Gasteiger partial charge in [0.05, 0.1) is 0 Å². The van der Waals surface area contributed by atoms with Crippen LogP contribution < -0.4 is 0 Å². The summed E-state index contributed by atoms with van der Waals surface area (Å²) in [7, 11) is 0. The molecule has 1 atom stereocenters. The number of amides is 1. The second-order valence-corrected chi connectivity index (χ2v) is 5.40. The highest BCUT2D eigenvalue weighted by Crippen LogP contribution is 2.15. The van der Waals surface area contributed by atoms with Crippen LogP contribution in [0.2, 0.25) is 0 Å². The molecule has 2 nitrogen and oxygen atoms in total. The molecule has 0 bridgehead atoms. The molecule has 0 aliphatic heterocycles. The van der Waals surface area contributed by atoms with E-state index in [1.54, 1.807) is 0 Å². The lowest BCUT2D eigenvalue weighted by molar-refractivity contribution is -0.134. The van der Waals surface area contributed by atoms with E-state index in [-0.39, 0.29) is 5.91 Å². The Kier molecular flexibility index (Phi) is 6.61. The maximum Gasteiger partial charge on any atom is 0.223 e. The highest BCUT2D eigenvalue weighted by molar-refractivity contribution is 5.76. The Morgan fingerprint density at radius 3 is 2.58 bits per heavy atom. The zero-order valence-electron chi connectivity index (χ0n) is 12.8. The summed E-state index contributed by atoms with van der Waals surface area (Å²) in [6, 6.07) is 8.77. The predicted octanol–water partition coefficient (Wildman–Crippen LogP) is 4.31. The summed E-state index contributed by atoms with van der Waals surface area (Å²) < 4.78 is 0. The fourth-order valence-corrected chi connectivity index (χ4v) is 2.43. The number of hydrogen-bond donors (Lipinski definition) is 0. The minimum atomic E-state index is 0.282. The van der Waals surface area contributed by atoms with E-state index in [2.05, 4.69) is 52.0 Å². The SMILES string of the molecule is CCCC(=O)N(Cc1cccc(C)c1)C(C)CCC. The van der Waals surface area contributed by atoms with Gasteiger partial charge in [-0.25, -0.2) is 0 Å². The van der Waals surface area contributed by atoms with Gasteiger partial charge in [0, 0.05) is 19.0 Å². The first kappa shape index (κ1) is 15.7. The van der Waals surface area contributed by atoms with Gasteiger partial charge in [-0.2, -0.15) is 0 Å². The first-order chi connectivity index (χ1) is 9.08. The molecule has 1 amide bonds. The van der Waals surface area contributed by atoms with Gasteiger partial charge < -0.3 is 4.90 Å². The van der Waals surface area contributed by atoms with Crippen molar-refractivity contribution in [3.63, 3.8) is 0 Å². The van der Waals surface area contributed by atoms with Crippen molar-refractivity contribution in [2.45, 2.75) is 66.0 Å². The summed E-state index contributed by atoms with van der Waals surface area (Å²) in [5, 5.41) is 0. The molecule has 106 valence electrons. The summed E-state index contributed by atoms with van der Waals surface area (Å²) >= 11 is 0. The fourth-order valence-electron chi connectivity index (χ4n) is 2.43. The van der Waals surface area contributed by atoms with E-state index in [0.29, 0.717) is 12.5 Å². The molecule has 0 saturated carbocycles. The van der Waals surface area contributed by atoms with E-state index in [4.69, 9.17) is 0 Å². The number of nitrogens with zero attached hydrogens (tertiary/aromatic N) is 1. The van der Waals surface area contributed by atoms with Crippen molar-refractivity contribution >= 4 is 5.91 Å².